The van der Waals surface area contributed by atoms with E-state index in [1.807, 2.05) is 74.5 Å². The monoisotopic (exact) mass is 413 g/mol. The molecular formula is C23H21Cl2NO2. The first-order valence-corrected chi connectivity index (χ1v) is 9.75. The number of rotatable bonds is 7. The van der Waals surface area contributed by atoms with Gasteiger partial charge in [-0.15, -0.1) is 0 Å². The second-order valence-electron chi connectivity index (χ2n) is 6.28. The summed E-state index contributed by atoms with van der Waals surface area (Å²) in [5, 5.41) is 1.14. The van der Waals surface area contributed by atoms with Crippen LogP contribution in [0.2, 0.25) is 10.0 Å². The van der Waals surface area contributed by atoms with Gasteiger partial charge in [0.1, 0.15) is 6.61 Å². The number of halogens is 2. The highest BCUT2D eigenvalue weighted by Gasteiger charge is 2.12. The summed E-state index contributed by atoms with van der Waals surface area (Å²) in [6.07, 6.45) is 1.76. The third-order valence-corrected chi connectivity index (χ3v) is 4.52. The van der Waals surface area contributed by atoms with Crippen LogP contribution in [-0.2, 0) is 6.61 Å². The van der Waals surface area contributed by atoms with E-state index in [4.69, 9.17) is 32.7 Å². The van der Waals surface area contributed by atoms with Crippen molar-refractivity contribution in [1.82, 2.24) is 0 Å². The molecule has 0 heterocycles. The second kappa shape index (κ2) is 9.63. The fourth-order valence-corrected chi connectivity index (χ4v) is 3.11. The van der Waals surface area contributed by atoms with Crippen molar-refractivity contribution in [3.63, 3.8) is 0 Å². The molecule has 0 N–H and O–H groups in total. The van der Waals surface area contributed by atoms with Crippen molar-refractivity contribution in [2.75, 3.05) is 6.61 Å². The molecule has 0 unspecified atom stereocenters. The molecule has 0 fully saturated rings. The van der Waals surface area contributed by atoms with E-state index in [1.165, 1.54) is 5.56 Å². The molecule has 3 rings (SSSR count). The summed E-state index contributed by atoms with van der Waals surface area (Å²) in [5.41, 5.74) is 3.86. The van der Waals surface area contributed by atoms with Crippen LogP contribution in [0.3, 0.4) is 0 Å². The maximum atomic E-state index is 6.48. The van der Waals surface area contributed by atoms with Crippen LogP contribution in [0.15, 0.2) is 65.7 Å². The minimum absolute atomic E-state index is 0.344. The fraction of sp³-hybridized carbons (Fsp3) is 0.174. The summed E-state index contributed by atoms with van der Waals surface area (Å²) in [5.74, 6) is 1.10. The molecule has 0 aliphatic carbocycles. The highest BCUT2D eigenvalue weighted by molar-refractivity contribution is 6.32. The normalized spacial score (nSPS) is 11.0. The molecule has 0 spiro atoms. The summed E-state index contributed by atoms with van der Waals surface area (Å²) >= 11 is 12.5. The van der Waals surface area contributed by atoms with Crippen molar-refractivity contribution in [1.29, 1.82) is 0 Å². The van der Waals surface area contributed by atoms with Crippen LogP contribution in [0.25, 0.3) is 0 Å². The Morgan fingerprint density at radius 2 is 1.75 bits per heavy atom. The maximum absolute atomic E-state index is 6.48. The van der Waals surface area contributed by atoms with Crippen LogP contribution < -0.4 is 9.47 Å². The van der Waals surface area contributed by atoms with Crippen molar-refractivity contribution < 1.29 is 9.47 Å². The fourth-order valence-electron chi connectivity index (χ4n) is 2.63. The van der Waals surface area contributed by atoms with Gasteiger partial charge in [0, 0.05) is 11.2 Å². The van der Waals surface area contributed by atoms with E-state index < -0.39 is 0 Å². The zero-order valence-corrected chi connectivity index (χ0v) is 17.3. The Morgan fingerprint density at radius 1 is 0.964 bits per heavy atom. The van der Waals surface area contributed by atoms with Gasteiger partial charge in [0.05, 0.1) is 17.3 Å². The number of ether oxygens (including phenoxy) is 2. The molecule has 0 amide bonds. The van der Waals surface area contributed by atoms with E-state index in [0.717, 1.165) is 16.8 Å². The molecule has 0 aromatic heterocycles. The first-order chi connectivity index (χ1) is 13.5. The Bertz CT molecular complexity index is 969. The van der Waals surface area contributed by atoms with Gasteiger partial charge in [-0.1, -0.05) is 53.0 Å². The lowest BCUT2D eigenvalue weighted by Gasteiger charge is -2.14. The summed E-state index contributed by atoms with van der Waals surface area (Å²) in [6, 6.07) is 19.2. The van der Waals surface area contributed by atoms with E-state index in [9.17, 15) is 0 Å². The topological polar surface area (TPSA) is 30.8 Å². The molecular weight excluding hydrogens is 393 g/mol. The minimum atomic E-state index is 0.344. The quantitative estimate of drug-likeness (QED) is 0.389. The van der Waals surface area contributed by atoms with Gasteiger partial charge >= 0.3 is 0 Å². The molecule has 3 aromatic carbocycles. The van der Waals surface area contributed by atoms with Gasteiger partial charge in [-0.2, -0.15) is 0 Å². The van der Waals surface area contributed by atoms with E-state index in [2.05, 4.69) is 4.99 Å². The van der Waals surface area contributed by atoms with E-state index in [-0.39, 0.29) is 0 Å². The van der Waals surface area contributed by atoms with Crippen molar-refractivity contribution >= 4 is 35.1 Å². The van der Waals surface area contributed by atoms with E-state index in [1.54, 1.807) is 6.21 Å². The van der Waals surface area contributed by atoms with Crippen LogP contribution >= 0.6 is 23.2 Å². The Morgan fingerprint density at radius 3 is 2.46 bits per heavy atom. The maximum Gasteiger partial charge on any atom is 0.180 e. The van der Waals surface area contributed by atoms with Gasteiger partial charge in [-0.25, -0.2) is 0 Å². The number of aryl methyl sites for hydroxylation is 1. The van der Waals surface area contributed by atoms with Crippen LogP contribution in [0.4, 0.5) is 5.69 Å². The molecule has 0 saturated carbocycles. The van der Waals surface area contributed by atoms with Crippen LogP contribution in [0.1, 0.15) is 23.6 Å². The van der Waals surface area contributed by atoms with Crippen LogP contribution in [-0.4, -0.2) is 12.8 Å². The van der Waals surface area contributed by atoms with Gasteiger partial charge in [0.2, 0.25) is 0 Å². The number of hydrogen-bond donors (Lipinski definition) is 0. The molecule has 0 bridgehead atoms. The molecule has 3 aromatic rings. The Kier molecular flexibility index (Phi) is 6.96. The predicted molar refractivity (Wildman–Crippen MR) is 117 cm³/mol. The van der Waals surface area contributed by atoms with E-state index in [0.29, 0.717) is 34.8 Å². The van der Waals surface area contributed by atoms with Gasteiger partial charge < -0.3 is 9.47 Å². The summed E-state index contributed by atoms with van der Waals surface area (Å²) in [4.78, 5) is 4.50. The minimum Gasteiger partial charge on any atom is -0.490 e. The lowest BCUT2D eigenvalue weighted by atomic mass is 10.2. The van der Waals surface area contributed by atoms with Crippen LogP contribution in [0, 0.1) is 6.92 Å². The summed E-state index contributed by atoms with van der Waals surface area (Å²) in [6.45, 7) is 4.81. The predicted octanol–water partition coefficient (Wildman–Crippen LogP) is 7.03. The lowest BCUT2D eigenvalue weighted by molar-refractivity contribution is 0.269. The average Bonchev–Trinajstić information content (AvgIpc) is 2.67. The Hall–Kier alpha value is -2.49. The van der Waals surface area contributed by atoms with Crippen LogP contribution in [0.5, 0.6) is 11.5 Å². The smallest absolute Gasteiger partial charge is 0.180 e. The molecule has 144 valence electrons. The zero-order valence-electron chi connectivity index (χ0n) is 15.8. The Balaban J connectivity index is 1.81. The molecule has 0 aliphatic heterocycles. The zero-order chi connectivity index (χ0) is 19.9. The molecule has 0 aliphatic rings. The van der Waals surface area contributed by atoms with Crippen molar-refractivity contribution in [3.8, 4) is 11.5 Å². The van der Waals surface area contributed by atoms with Gasteiger partial charge in [-0.05, 0) is 61.4 Å². The third-order valence-electron chi connectivity index (χ3n) is 4.00. The molecule has 0 atom stereocenters. The third kappa shape index (κ3) is 5.51. The summed E-state index contributed by atoms with van der Waals surface area (Å²) < 4.78 is 11.7. The highest BCUT2D eigenvalue weighted by atomic mass is 35.5. The van der Waals surface area contributed by atoms with Crippen molar-refractivity contribution in [3.05, 3.63) is 87.4 Å². The lowest BCUT2D eigenvalue weighted by Crippen LogP contribution is -2.01. The second-order valence-corrected chi connectivity index (χ2v) is 7.12. The average molecular weight is 414 g/mol. The van der Waals surface area contributed by atoms with E-state index >= 15 is 0 Å². The standard InChI is InChI=1S/C23H21Cl2NO2/c1-3-27-22-13-18(14-26-20-9-7-16(2)8-10-20)12-21(25)23(22)28-15-17-5-4-6-19(24)11-17/h4-14H,3,15H2,1-2H3. The molecule has 0 saturated heterocycles. The SMILES string of the molecule is CCOc1cc(C=Nc2ccc(C)cc2)cc(Cl)c1OCc1cccc(Cl)c1. The van der Waals surface area contributed by atoms with Crippen molar-refractivity contribution in [2.45, 2.75) is 20.5 Å². The first-order valence-electron chi connectivity index (χ1n) is 8.99. The number of nitrogens with zero attached hydrogens (tertiary/aromatic N) is 1. The van der Waals surface area contributed by atoms with Gasteiger partial charge in [0.15, 0.2) is 11.5 Å². The van der Waals surface area contributed by atoms with Crippen molar-refractivity contribution in [2.24, 2.45) is 4.99 Å². The largest absolute Gasteiger partial charge is 0.490 e. The highest BCUT2D eigenvalue weighted by Crippen LogP contribution is 2.37. The number of aliphatic imine (C=N–C) groups is 1. The molecule has 28 heavy (non-hydrogen) atoms. The van der Waals surface area contributed by atoms with Gasteiger partial charge in [-0.3, -0.25) is 4.99 Å². The number of benzene rings is 3. The number of hydrogen-bond acceptors (Lipinski definition) is 3. The molecule has 0 radical (unpaired) electrons. The summed E-state index contributed by atoms with van der Waals surface area (Å²) in [7, 11) is 0. The molecule has 5 heteroatoms. The van der Waals surface area contributed by atoms with Gasteiger partial charge in [0.25, 0.3) is 0 Å². The molecule has 3 nitrogen and oxygen atoms in total. The Labute approximate surface area is 175 Å². The first kappa shape index (κ1) is 20.2.